The number of carbonyl (C=O) groups excluding carboxylic acids is 2. The average Bonchev–Trinajstić information content (AvgIpc) is 3.59. The van der Waals surface area contributed by atoms with Gasteiger partial charge < -0.3 is 24.4 Å². The highest BCUT2D eigenvalue weighted by Gasteiger charge is 2.30. The van der Waals surface area contributed by atoms with E-state index in [1.807, 2.05) is 66.1 Å². The zero-order valence-electron chi connectivity index (χ0n) is 19.0. The maximum absolute atomic E-state index is 13.3. The van der Waals surface area contributed by atoms with Crippen molar-refractivity contribution in [3.63, 3.8) is 0 Å². The van der Waals surface area contributed by atoms with Gasteiger partial charge in [0.2, 0.25) is 0 Å². The molecule has 2 aromatic carbocycles. The first-order valence-electron chi connectivity index (χ1n) is 11.4. The molecule has 1 fully saturated rings. The number of anilines is 1. The topological polar surface area (TPSA) is 85.5 Å². The molecule has 2 N–H and O–H groups in total. The van der Waals surface area contributed by atoms with E-state index in [1.165, 1.54) is 6.26 Å². The van der Waals surface area contributed by atoms with Crippen LogP contribution in [0.2, 0.25) is 0 Å². The van der Waals surface area contributed by atoms with Crippen LogP contribution in [0.1, 0.15) is 46.4 Å². The van der Waals surface area contributed by atoms with Crippen LogP contribution in [-0.2, 0) is 11.3 Å². The number of aromatic nitrogens is 1. The van der Waals surface area contributed by atoms with Crippen LogP contribution in [0.25, 0.3) is 10.9 Å². The summed E-state index contributed by atoms with van der Waals surface area (Å²) in [6, 6.07) is 20.8. The number of hydrogen-bond donors (Lipinski definition) is 2. The Hall–Kier alpha value is -3.84. The molecule has 0 saturated carbocycles. The normalized spacial score (nSPS) is 17.7. The van der Waals surface area contributed by atoms with E-state index < -0.39 is 0 Å². The highest BCUT2D eigenvalue weighted by Crippen LogP contribution is 2.27. The minimum Gasteiger partial charge on any atom is -0.459 e. The number of amides is 2. The second kappa shape index (κ2) is 9.19. The van der Waals surface area contributed by atoms with Crippen molar-refractivity contribution < 1.29 is 18.7 Å². The number of ether oxygens (including phenoxy) is 1. The molecule has 7 heteroatoms. The summed E-state index contributed by atoms with van der Waals surface area (Å²) in [7, 11) is 0. The lowest BCUT2D eigenvalue weighted by Crippen LogP contribution is -2.40. The van der Waals surface area contributed by atoms with Crippen LogP contribution in [-0.4, -0.2) is 35.1 Å². The van der Waals surface area contributed by atoms with Gasteiger partial charge in [-0.3, -0.25) is 9.59 Å². The van der Waals surface area contributed by atoms with Crippen molar-refractivity contribution in [1.29, 1.82) is 0 Å². The predicted molar refractivity (Wildman–Crippen MR) is 130 cm³/mol. The summed E-state index contributed by atoms with van der Waals surface area (Å²) in [4.78, 5) is 25.7. The van der Waals surface area contributed by atoms with Crippen LogP contribution in [0.5, 0.6) is 0 Å². The van der Waals surface area contributed by atoms with Crippen LogP contribution < -0.4 is 10.6 Å². The van der Waals surface area contributed by atoms with E-state index in [4.69, 9.17) is 9.15 Å². The predicted octanol–water partition coefficient (Wildman–Crippen LogP) is 4.83. The molecule has 0 aliphatic carbocycles. The first-order chi connectivity index (χ1) is 16.5. The lowest BCUT2D eigenvalue weighted by molar-refractivity contribution is 0.0205. The quantitative estimate of drug-likeness (QED) is 0.416. The SMILES string of the molecule is C[C@@]1(CNC(=O)c2cc3cc(NC(=O)c4ccco4)ccc3n2Cc2ccccc2)CCCO1. The molecule has 34 heavy (non-hydrogen) atoms. The zero-order valence-corrected chi connectivity index (χ0v) is 19.0. The standard InChI is InChI=1S/C27H27N3O4/c1-27(12-6-14-34-27)18-28-25(31)23-16-20-15-21(29-26(32)24-9-5-13-33-24)10-11-22(20)30(23)17-19-7-3-2-4-8-19/h2-5,7-11,13,15-16H,6,12,14,17-18H2,1H3,(H,28,31)(H,29,32)/t27-/m0/s1. The Balaban J connectivity index is 1.45. The monoisotopic (exact) mass is 457 g/mol. The van der Waals surface area contributed by atoms with Gasteiger partial charge in [0.05, 0.1) is 11.9 Å². The maximum Gasteiger partial charge on any atom is 0.291 e. The molecule has 1 aliphatic heterocycles. The molecule has 1 aliphatic rings. The molecule has 1 saturated heterocycles. The molecule has 0 radical (unpaired) electrons. The van der Waals surface area contributed by atoms with Crippen molar-refractivity contribution >= 4 is 28.4 Å². The molecule has 2 aromatic heterocycles. The fourth-order valence-electron chi connectivity index (χ4n) is 4.41. The van der Waals surface area contributed by atoms with Crippen LogP contribution in [0, 0.1) is 0 Å². The van der Waals surface area contributed by atoms with E-state index in [1.54, 1.807) is 12.1 Å². The number of hydrogen-bond acceptors (Lipinski definition) is 4. The summed E-state index contributed by atoms with van der Waals surface area (Å²) in [5, 5.41) is 6.78. The van der Waals surface area contributed by atoms with E-state index in [0.717, 1.165) is 35.9 Å². The highest BCUT2D eigenvalue weighted by molar-refractivity contribution is 6.04. The first-order valence-corrected chi connectivity index (χ1v) is 11.4. The van der Waals surface area contributed by atoms with Gasteiger partial charge in [-0.1, -0.05) is 30.3 Å². The Bertz CT molecular complexity index is 1300. The van der Waals surface area contributed by atoms with Gasteiger partial charge in [-0.25, -0.2) is 0 Å². The Labute approximate surface area is 197 Å². The van der Waals surface area contributed by atoms with Gasteiger partial charge in [0.15, 0.2) is 5.76 Å². The highest BCUT2D eigenvalue weighted by atomic mass is 16.5. The van der Waals surface area contributed by atoms with E-state index >= 15 is 0 Å². The van der Waals surface area contributed by atoms with Crippen LogP contribution in [0.15, 0.2) is 77.4 Å². The van der Waals surface area contributed by atoms with Crippen molar-refractivity contribution in [2.24, 2.45) is 0 Å². The Morgan fingerprint density at radius 3 is 2.62 bits per heavy atom. The zero-order chi connectivity index (χ0) is 23.5. The second-order valence-corrected chi connectivity index (χ2v) is 8.89. The third kappa shape index (κ3) is 4.61. The molecule has 4 aromatic rings. The van der Waals surface area contributed by atoms with Crippen LogP contribution in [0.4, 0.5) is 5.69 Å². The van der Waals surface area contributed by atoms with Gasteiger partial charge in [0.1, 0.15) is 5.69 Å². The summed E-state index contributed by atoms with van der Waals surface area (Å²) >= 11 is 0. The van der Waals surface area contributed by atoms with Crippen LogP contribution in [0.3, 0.4) is 0 Å². The maximum atomic E-state index is 13.3. The lowest BCUT2D eigenvalue weighted by atomic mass is 10.0. The van der Waals surface area contributed by atoms with E-state index in [-0.39, 0.29) is 23.2 Å². The van der Waals surface area contributed by atoms with Gasteiger partial charge in [0, 0.05) is 36.3 Å². The van der Waals surface area contributed by atoms with E-state index in [2.05, 4.69) is 10.6 Å². The Kier molecular flexibility index (Phi) is 5.94. The number of nitrogens with one attached hydrogen (secondary N) is 2. The van der Waals surface area contributed by atoms with Gasteiger partial charge in [-0.15, -0.1) is 0 Å². The fraction of sp³-hybridized carbons (Fsp3) is 0.259. The summed E-state index contributed by atoms with van der Waals surface area (Å²) in [6.07, 6.45) is 3.40. The van der Waals surface area contributed by atoms with Gasteiger partial charge in [-0.05, 0) is 61.7 Å². The molecular weight excluding hydrogens is 430 g/mol. The molecule has 0 bridgehead atoms. The van der Waals surface area contributed by atoms with Crippen LogP contribution >= 0.6 is 0 Å². The summed E-state index contributed by atoms with van der Waals surface area (Å²) in [5.41, 5.74) is 2.87. The largest absolute Gasteiger partial charge is 0.459 e. The minimum absolute atomic E-state index is 0.148. The third-order valence-corrected chi connectivity index (χ3v) is 6.24. The lowest BCUT2D eigenvalue weighted by Gasteiger charge is -2.23. The molecule has 2 amide bonds. The molecule has 174 valence electrons. The Morgan fingerprint density at radius 2 is 1.88 bits per heavy atom. The minimum atomic E-state index is -0.324. The van der Waals surface area contributed by atoms with Gasteiger partial charge in [0.25, 0.3) is 11.8 Å². The number of benzene rings is 2. The fourth-order valence-corrected chi connectivity index (χ4v) is 4.41. The van der Waals surface area contributed by atoms with Crippen molar-refractivity contribution in [1.82, 2.24) is 9.88 Å². The number of furan rings is 1. The summed E-state index contributed by atoms with van der Waals surface area (Å²) in [6.45, 7) is 3.78. The van der Waals surface area contributed by atoms with Crippen molar-refractivity contribution in [3.05, 3.63) is 90.0 Å². The van der Waals surface area contributed by atoms with E-state index in [0.29, 0.717) is 24.5 Å². The second-order valence-electron chi connectivity index (χ2n) is 8.89. The number of fused-ring (bicyclic) bond motifs is 1. The smallest absolute Gasteiger partial charge is 0.291 e. The Morgan fingerprint density at radius 1 is 1.03 bits per heavy atom. The van der Waals surface area contributed by atoms with Crippen molar-refractivity contribution in [3.8, 4) is 0 Å². The number of carbonyl (C=O) groups is 2. The number of nitrogens with zero attached hydrogens (tertiary/aromatic N) is 1. The molecule has 3 heterocycles. The van der Waals surface area contributed by atoms with Crippen molar-refractivity contribution in [2.45, 2.75) is 31.9 Å². The molecule has 0 spiro atoms. The number of rotatable bonds is 7. The molecular formula is C27H27N3O4. The molecule has 0 unspecified atom stereocenters. The average molecular weight is 458 g/mol. The van der Waals surface area contributed by atoms with Crippen molar-refractivity contribution in [2.75, 3.05) is 18.5 Å². The summed E-state index contributed by atoms with van der Waals surface area (Å²) in [5.74, 6) is -0.231. The first kappa shape index (κ1) is 22.0. The van der Waals surface area contributed by atoms with Gasteiger partial charge in [-0.2, -0.15) is 0 Å². The van der Waals surface area contributed by atoms with Gasteiger partial charge >= 0.3 is 0 Å². The molecule has 7 nitrogen and oxygen atoms in total. The molecule has 1 atom stereocenters. The van der Waals surface area contributed by atoms with E-state index in [9.17, 15) is 9.59 Å². The molecule has 5 rings (SSSR count). The summed E-state index contributed by atoms with van der Waals surface area (Å²) < 4.78 is 13.0. The third-order valence-electron chi connectivity index (χ3n) is 6.24.